The number of ether oxygens (including phenoxy) is 1. The van der Waals surface area contributed by atoms with Gasteiger partial charge in [0.2, 0.25) is 5.91 Å². The first-order chi connectivity index (χ1) is 7.69. The van der Waals surface area contributed by atoms with Gasteiger partial charge in [0.25, 0.3) is 0 Å². The van der Waals surface area contributed by atoms with E-state index in [-0.39, 0.29) is 24.5 Å². The number of carbonyl (C=O) groups is 1. The molecule has 4 nitrogen and oxygen atoms in total. The van der Waals surface area contributed by atoms with Gasteiger partial charge < -0.3 is 14.7 Å². The van der Waals surface area contributed by atoms with Crippen LogP contribution in [-0.2, 0) is 9.53 Å². The molecule has 0 aromatic rings. The Morgan fingerprint density at radius 2 is 2.25 bits per heavy atom. The maximum atomic E-state index is 11.8. The van der Waals surface area contributed by atoms with Crippen LogP contribution < -0.4 is 0 Å². The average Bonchev–Trinajstić information content (AvgIpc) is 2.30. The van der Waals surface area contributed by atoms with E-state index in [2.05, 4.69) is 6.92 Å². The van der Waals surface area contributed by atoms with E-state index in [0.717, 1.165) is 12.8 Å². The summed E-state index contributed by atoms with van der Waals surface area (Å²) < 4.78 is 5.24. The van der Waals surface area contributed by atoms with Crippen molar-refractivity contribution < 1.29 is 14.6 Å². The molecule has 0 radical (unpaired) electrons. The van der Waals surface area contributed by atoms with E-state index < -0.39 is 0 Å². The quantitative estimate of drug-likeness (QED) is 0.716. The second-order valence-corrected chi connectivity index (χ2v) is 4.42. The van der Waals surface area contributed by atoms with E-state index in [9.17, 15) is 9.90 Å². The molecule has 1 amide bonds. The van der Waals surface area contributed by atoms with Crippen LogP contribution in [0.5, 0.6) is 0 Å². The summed E-state index contributed by atoms with van der Waals surface area (Å²) in [7, 11) is 0. The highest BCUT2D eigenvalue weighted by Crippen LogP contribution is 2.19. The van der Waals surface area contributed by atoms with Crippen molar-refractivity contribution in [2.45, 2.75) is 39.2 Å². The molecule has 1 rings (SSSR count). The summed E-state index contributed by atoms with van der Waals surface area (Å²) in [5.74, 6) is 0.280. The minimum absolute atomic E-state index is 0.0544. The molecule has 1 aliphatic heterocycles. The lowest BCUT2D eigenvalue weighted by molar-refractivity contribution is -0.139. The molecule has 1 saturated heterocycles. The first-order valence-corrected chi connectivity index (χ1v) is 6.22. The molecule has 4 heteroatoms. The minimum atomic E-state index is -0.245. The lowest BCUT2D eigenvalue weighted by Gasteiger charge is -2.35. The summed E-state index contributed by atoms with van der Waals surface area (Å²) in [4.78, 5) is 13.6. The number of hydrogen-bond donors (Lipinski definition) is 1. The Kier molecular flexibility index (Phi) is 5.77. The highest BCUT2D eigenvalue weighted by molar-refractivity contribution is 5.77. The van der Waals surface area contributed by atoms with E-state index in [0.29, 0.717) is 26.1 Å². The fourth-order valence-electron chi connectivity index (χ4n) is 2.04. The monoisotopic (exact) mass is 229 g/mol. The maximum Gasteiger partial charge on any atom is 0.248 e. The van der Waals surface area contributed by atoms with Gasteiger partial charge in [0, 0.05) is 25.6 Å². The molecule has 0 bridgehead atoms. The first-order valence-electron chi connectivity index (χ1n) is 6.22. The SMILES string of the molecule is CCCOCC(=O)N1CCC(O)C(CC)C1. The summed E-state index contributed by atoms with van der Waals surface area (Å²) >= 11 is 0. The van der Waals surface area contributed by atoms with Crippen molar-refractivity contribution in [2.24, 2.45) is 5.92 Å². The molecule has 1 fully saturated rings. The second-order valence-electron chi connectivity index (χ2n) is 4.42. The van der Waals surface area contributed by atoms with Crippen LogP contribution in [0.4, 0.5) is 0 Å². The van der Waals surface area contributed by atoms with Crippen LogP contribution in [0.15, 0.2) is 0 Å². The van der Waals surface area contributed by atoms with Gasteiger partial charge in [-0.1, -0.05) is 13.8 Å². The van der Waals surface area contributed by atoms with E-state index >= 15 is 0 Å². The lowest BCUT2D eigenvalue weighted by Crippen LogP contribution is -2.47. The van der Waals surface area contributed by atoms with Crippen LogP contribution in [0.2, 0.25) is 0 Å². The number of likely N-dealkylation sites (tertiary alicyclic amines) is 1. The fraction of sp³-hybridized carbons (Fsp3) is 0.917. The van der Waals surface area contributed by atoms with E-state index in [1.807, 2.05) is 11.8 Å². The third-order valence-electron chi connectivity index (χ3n) is 3.14. The number of aliphatic hydroxyl groups is 1. The molecule has 0 aromatic heterocycles. The fourth-order valence-corrected chi connectivity index (χ4v) is 2.04. The van der Waals surface area contributed by atoms with Crippen molar-refractivity contribution >= 4 is 5.91 Å². The number of piperidine rings is 1. The molecule has 94 valence electrons. The van der Waals surface area contributed by atoms with Gasteiger partial charge >= 0.3 is 0 Å². The summed E-state index contributed by atoms with van der Waals surface area (Å²) in [6, 6.07) is 0. The smallest absolute Gasteiger partial charge is 0.248 e. The van der Waals surface area contributed by atoms with Crippen molar-refractivity contribution in [3.63, 3.8) is 0 Å². The number of hydrogen-bond acceptors (Lipinski definition) is 3. The van der Waals surface area contributed by atoms with Crippen molar-refractivity contribution in [1.82, 2.24) is 4.90 Å². The Labute approximate surface area is 97.6 Å². The molecule has 0 spiro atoms. The Morgan fingerprint density at radius 3 is 2.88 bits per heavy atom. The zero-order valence-corrected chi connectivity index (χ0v) is 10.3. The normalized spacial score (nSPS) is 25.8. The molecular formula is C12H23NO3. The highest BCUT2D eigenvalue weighted by atomic mass is 16.5. The zero-order chi connectivity index (χ0) is 12.0. The van der Waals surface area contributed by atoms with Crippen molar-refractivity contribution in [3.05, 3.63) is 0 Å². The third-order valence-corrected chi connectivity index (χ3v) is 3.14. The Morgan fingerprint density at radius 1 is 1.50 bits per heavy atom. The van der Waals surface area contributed by atoms with Crippen LogP contribution in [0.1, 0.15) is 33.1 Å². The number of rotatable bonds is 5. The molecule has 2 atom stereocenters. The molecule has 1 heterocycles. The van der Waals surface area contributed by atoms with E-state index in [1.165, 1.54) is 0 Å². The Hall–Kier alpha value is -0.610. The van der Waals surface area contributed by atoms with Crippen molar-refractivity contribution in [2.75, 3.05) is 26.3 Å². The molecule has 0 saturated carbocycles. The van der Waals surface area contributed by atoms with Gasteiger partial charge in [0.05, 0.1) is 6.10 Å². The number of aliphatic hydroxyl groups excluding tert-OH is 1. The second kappa shape index (κ2) is 6.86. The number of amides is 1. The predicted octanol–water partition coefficient (Wildman–Crippen LogP) is 1.03. The van der Waals surface area contributed by atoms with E-state index in [4.69, 9.17) is 4.74 Å². The van der Waals surface area contributed by atoms with Gasteiger partial charge in [-0.3, -0.25) is 4.79 Å². The van der Waals surface area contributed by atoms with Gasteiger partial charge in [-0.25, -0.2) is 0 Å². The number of carbonyl (C=O) groups excluding carboxylic acids is 1. The topological polar surface area (TPSA) is 49.8 Å². The largest absolute Gasteiger partial charge is 0.393 e. The highest BCUT2D eigenvalue weighted by Gasteiger charge is 2.28. The zero-order valence-electron chi connectivity index (χ0n) is 10.3. The summed E-state index contributed by atoms with van der Waals surface area (Å²) in [5, 5.41) is 9.71. The van der Waals surface area contributed by atoms with Crippen molar-refractivity contribution in [1.29, 1.82) is 0 Å². The Bertz CT molecular complexity index is 220. The third kappa shape index (κ3) is 3.76. The van der Waals surface area contributed by atoms with Crippen LogP contribution in [0.25, 0.3) is 0 Å². The first kappa shape index (κ1) is 13.5. The van der Waals surface area contributed by atoms with Gasteiger partial charge in [-0.05, 0) is 19.3 Å². The molecule has 2 unspecified atom stereocenters. The van der Waals surface area contributed by atoms with E-state index in [1.54, 1.807) is 0 Å². The van der Waals surface area contributed by atoms with Gasteiger partial charge in [-0.2, -0.15) is 0 Å². The molecule has 0 aliphatic carbocycles. The van der Waals surface area contributed by atoms with Crippen LogP contribution >= 0.6 is 0 Å². The number of nitrogens with zero attached hydrogens (tertiary/aromatic N) is 1. The average molecular weight is 229 g/mol. The van der Waals surface area contributed by atoms with Crippen LogP contribution in [0.3, 0.4) is 0 Å². The lowest BCUT2D eigenvalue weighted by atomic mass is 9.92. The molecule has 1 aliphatic rings. The molecule has 0 aromatic carbocycles. The van der Waals surface area contributed by atoms with Crippen molar-refractivity contribution in [3.8, 4) is 0 Å². The molecule has 1 N–H and O–H groups in total. The van der Waals surface area contributed by atoms with Crippen LogP contribution in [0, 0.1) is 5.92 Å². The summed E-state index contributed by atoms with van der Waals surface area (Å²) in [6.45, 7) is 6.22. The summed E-state index contributed by atoms with van der Waals surface area (Å²) in [6.07, 6.45) is 2.30. The molecular weight excluding hydrogens is 206 g/mol. The maximum absolute atomic E-state index is 11.8. The minimum Gasteiger partial charge on any atom is -0.393 e. The summed E-state index contributed by atoms with van der Waals surface area (Å²) in [5.41, 5.74) is 0. The van der Waals surface area contributed by atoms with Gasteiger partial charge in [-0.15, -0.1) is 0 Å². The predicted molar refractivity (Wildman–Crippen MR) is 62.1 cm³/mol. The Balaban J connectivity index is 2.33. The van der Waals surface area contributed by atoms with Crippen LogP contribution in [-0.4, -0.2) is 48.3 Å². The molecule has 16 heavy (non-hydrogen) atoms. The standard InChI is InChI=1S/C12H23NO3/c1-3-7-16-9-12(15)13-6-5-11(14)10(4-2)8-13/h10-11,14H,3-9H2,1-2H3. The van der Waals surface area contributed by atoms with Gasteiger partial charge in [0.15, 0.2) is 0 Å². The van der Waals surface area contributed by atoms with Gasteiger partial charge in [0.1, 0.15) is 6.61 Å².